The Kier molecular flexibility index (Phi) is 8.34. The minimum absolute atomic E-state index is 0.00953. The number of carbonyl (C=O) groups is 1. The molecule has 0 aliphatic carbocycles. The zero-order chi connectivity index (χ0) is 29.1. The van der Waals surface area contributed by atoms with Crippen molar-refractivity contribution in [3.05, 3.63) is 54.9 Å². The average molecular weight is 570 g/mol. The number of imidazole rings is 1. The van der Waals surface area contributed by atoms with Crippen LogP contribution in [0.5, 0.6) is 0 Å². The maximum atomic E-state index is 12.6. The average Bonchev–Trinajstić information content (AvgIpc) is 3.44. The second-order valence-corrected chi connectivity index (χ2v) is 11.4. The van der Waals surface area contributed by atoms with Gasteiger partial charge in [0.25, 0.3) is 0 Å². The lowest BCUT2D eigenvalue weighted by molar-refractivity contribution is -0.116. The Hall–Kier alpha value is -4.02. The molecule has 0 spiro atoms. The van der Waals surface area contributed by atoms with E-state index in [2.05, 4.69) is 48.3 Å². The van der Waals surface area contributed by atoms with Crippen molar-refractivity contribution in [2.45, 2.75) is 46.3 Å². The largest absolute Gasteiger partial charge is 0.378 e. The van der Waals surface area contributed by atoms with E-state index in [0.717, 1.165) is 74.8 Å². The number of carbonyl (C=O) groups excluding carboxylic acids is 1. The van der Waals surface area contributed by atoms with Gasteiger partial charge in [-0.2, -0.15) is 4.98 Å². The number of hydrogen-bond acceptors (Lipinski definition) is 8. The van der Waals surface area contributed by atoms with Crippen molar-refractivity contribution in [1.29, 1.82) is 0 Å². The summed E-state index contributed by atoms with van der Waals surface area (Å²) in [6.07, 6.45) is 4.77. The number of nitrogens with zero attached hydrogens (tertiary/aromatic N) is 6. The van der Waals surface area contributed by atoms with Gasteiger partial charge in [-0.05, 0) is 61.6 Å². The fraction of sp³-hybridized carbons (Fsp3) is 0.438. The predicted molar refractivity (Wildman–Crippen MR) is 165 cm³/mol. The highest BCUT2D eigenvalue weighted by molar-refractivity contribution is 5.94. The Morgan fingerprint density at radius 2 is 1.88 bits per heavy atom. The topological polar surface area (TPSA) is 97.6 Å². The van der Waals surface area contributed by atoms with Crippen LogP contribution in [0, 0.1) is 5.92 Å². The second kappa shape index (κ2) is 12.5. The lowest BCUT2D eigenvalue weighted by atomic mass is 10.1. The number of amides is 1. The van der Waals surface area contributed by atoms with Crippen molar-refractivity contribution in [2.75, 3.05) is 54.6 Å². The molecular weight excluding hydrogens is 530 g/mol. The maximum Gasteiger partial charge on any atom is 0.229 e. The molecule has 2 saturated heterocycles. The molecule has 1 atom stereocenters. The molecule has 2 aromatic heterocycles. The minimum Gasteiger partial charge on any atom is -0.378 e. The van der Waals surface area contributed by atoms with Gasteiger partial charge in [-0.25, -0.2) is 9.97 Å². The van der Waals surface area contributed by atoms with Gasteiger partial charge in [0.1, 0.15) is 17.4 Å². The fourth-order valence-electron chi connectivity index (χ4n) is 5.64. The lowest BCUT2D eigenvalue weighted by Gasteiger charge is -2.28. The molecule has 2 aliphatic heterocycles. The van der Waals surface area contributed by atoms with Crippen LogP contribution in [0.15, 0.2) is 54.9 Å². The summed E-state index contributed by atoms with van der Waals surface area (Å²) in [6.45, 7) is 10.5. The van der Waals surface area contributed by atoms with Gasteiger partial charge < -0.3 is 24.6 Å². The van der Waals surface area contributed by atoms with E-state index in [1.807, 2.05) is 40.1 Å². The number of benzene rings is 2. The zero-order valence-corrected chi connectivity index (χ0v) is 24.6. The Bertz CT molecular complexity index is 1520. The lowest BCUT2D eigenvalue weighted by Crippen LogP contribution is -2.36. The number of morpholine rings is 1. The van der Waals surface area contributed by atoms with E-state index < -0.39 is 0 Å². The molecular formula is C32H39N7O3. The summed E-state index contributed by atoms with van der Waals surface area (Å²) in [4.78, 5) is 31.4. The third-order valence-corrected chi connectivity index (χ3v) is 7.75. The first-order valence-corrected chi connectivity index (χ1v) is 14.9. The molecule has 2 aromatic carbocycles. The van der Waals surface area contributed by atoms with Gasteiger partial charge >= 0.3 is 0 Å². The smallest absolute Gasteiger partial charge is 0.229 e. The number of aromatic nitrogens is 4. The first kappa shape index (κ1) is 28.1. The van der Waals surface area contributed by atoms with Gasteiger partial charge in [0.2, 0.25) is 11.9 Å². The maximum absolute atomic E-state index is 12.6. The molecule has 0 radical (unpaired) electrons. The van der Waals surface area contributed by atoms with Crippen molar-refractivity contribution < 1.29 is 14.3 Å². The van der Waals surface area contributed by atoms with E-state index in [1.165, 1.54) is 5.69 Å². The number of hydrogen-bond donors (Lipinski definition) is 1. The van der Waals surface area contributed by atoms with Gasteiger partial charge in [-0.1, -0.05) is 26.0 Å². The van der Waals surface area contributed by atoms with Gasteiger partial charge in [0.15, 0.2) is 5.65 Å². The van der Waals surface area contributed by atoms with Crippen molar-refractivity contribution in [3.63, 3.8) is 0 Å². The highest BCUT2D eigenvalue weighted by Crippen LogP contribution is 2.33. The van der Waals surface area contributed by atoms with Crippen LogP contribution in [-0.2, 0) is 14.3 Å². The number of rotatable bonds is 8. The third-order valence-electron chi connectivity index (χ3n) is 7.75. The van der Waals surface area contributed by atoms with Gasteiger partial charge in [0, 0.05) is 55.8 Å². The summed E-state index contributed by atoms with van der Waals surface area (Å²) in [5.74, 6) is 0.820. The first-order valence-electron chi connectivity index (χ1n) is 14.9. The summed E-state index contributed by atoms with van der Waals surface area (Å²) in [5, 5.41) is 3.43. The molecule has 0 bridgehead atoms. The summed E-state index contributed by atoms with van der Waals surface area (Å²) in [5.41, 5.74) is 5.89. The molecule has 1 N–H and O–H groups in total. The van der Waals surface area contributed by atoms with E-state index in [4.69, 9.17) is 24.4 Å². The SMILES string of the molecule is CC(=O)N(CC(C)C)c1cccc(-c2nc(Nc3ccc(N4CCOCC4)cc3)nc3c2ncn3C2CCCCO2)c1. The van der Waals surface area contributed by atoms with Gasteiger partial charge in [0.05, 0.1) is 19.5 Å². The molecule has 1 unspecified atom stereocenters. The monoisotopic (exact) mass is 569 g/mol. The van der Waals surface area contributed by atoms with Crippen LogP contribution in [0.4, 0.5) is 23.0 Å². The van der Waals surface area contributed by atoms with Crippen LogP contribution in [0.3, 0.4) is 0 Å². The van der Waals surface area contributed by atoms with Crippen LogP contribution in [0.25, 0.3) is 22.4 Å². The molecule has 220 valence electrons. The van der Waals surface area contributed by atoms with Crippen LogP contribution >= 0.6 is 0 Å². The zero-order valence-electron chi connectivity index (χ0n) is 24.6. The van der Waals surface area contributed by atoms with Gasteiger partial charge in [-0.3, -0.25) is 9.36 Å². The van der Waals surface area contributed by atoms with E-state index in [9.17, 15) is 4.79 Å². The summed E-state index contributed by atoms with van der Waals surface area (Å²) >= 11 is 0. The quantitative estimate of drug-likeness (QED) is 0.285. The van der Waals surface area contributed by atoms with Crippen molar-refractivity contribution >= 4 is 40.1 Å². The highest BCUT2D eigenvalue weighted by atomic mass is 16.5. The third kappa shape index (κ3) is 6.10. The van der Waals surface area contributed by atoms with Crippen molar-refractivity contribution in [2.24, 2.45) is 5.92 Å². The molecule has 4 heterocycles. The Labute approximate surface area is 246 Å². The van der Waals surface area contributed by atoms with Crippen LogP contribution in [0.1, 0.15) is 46.3 Å². The number of ether oxygens (including phenoxy) is 2. The number of nitrogens with one attached hydrogen (secondary N) is 1. The van der Waals surface area contributed by atoms with Crippen molar-refractivity contribution in [1.82, 2.24) is 19.5 Å². The van der Waals surface area contributed by atoms with E-state index in [1.54, 1.807) is 6.92 Å². The molecule has 42 heavy (non-hydrogen) atoms. The summed E-state index contributed by atoms with van der Waals surface area (Å²) in [6, 6.07) is 16.3. The number of fused-ring (bicyclic) bond motifs is 1. The van der Waals surface area contributed by atoms with Crippen LogP contribution in [-0.4, -0.2) is 64.9 Å². The number of anilines is 4. The Morgan fingerprint density at radius 1 is 1.07 bits per heavy atom. The van der Waals surface area contributed by atoms with Crippen LogP contribution in [0.2, 0.25) is 0 Å². The van der Waals surface area contributed by atoms with Gasteiger partial charge in [-0.15, -0.1) is 0 Å². The Balaban J connectivity index is 1.38. The molecule has 6 rings (SSSR count). The van der Waals surface area contributed by atoms with E-state index in [0.29, 0.717) is 29.6 Å². The highest BCUT2D eigenvalue weighted by Gasteiger charge is 2.23. The minimum atomic E-state index is -0.113. The fourth-order valence-corrected chi connectivity index (χ4v) is 5.64. The van der Waals surface area contributed by atoms with Crippen LogP contribution < -0.4 is 15.1 Å². The second-order valence-electron chi connectivity index (χ2n) is 11.4. The molecule has 2 aliphatic rings. The standard InChI is InChI=1S/C32H39N7O3/c1-22(2)20-38(23(3)40)27-8-6-7-24(19-27)29-30-31(39(21-33-30)28-9-4-5-16-42-28)36-32(35-29)34-25-10-12-26(13-11-25)37-14-17-41-18-15-37/h6-8,10-13,19,21-22,28H,4-5,9,14-18,20H2,1-3H3,(H,34,35,36). The predicted octanol–water partition coefficient (Wildman–Crippen LogP) is 5.78. The Morgan fingerprint density at radius 3 is 2.60 bits per heavy atom. The van der Waals surface area contributed by atoms with E-state index >= 15 is 0 Å². The molecule has 0 saturated carbocycles. The summed E-state index contributed by atoms with van der Waals surface area (Å²) < 4.78 is 13.6. The first-order chi connectivity index (χ1) is 20.5. The molecule has 2 fully saturated rings. The normalized spacial score (nSPS) is 17.5. The van der Waals surface area contributed by atoms with E-state index in [-0.39, 0.29) is 12.1 Å². The molecule has 4 aromatic rings. The molecule has 1 amide bonds. The summed E-state index contributed by atoms with van der Waals surface area (Å²) in [7, 11) is 0. The van der Waals surface area contributed by atoms with Crippen molar-refractivity contribution in [3.8, 4) is 11.3 Å². The molecule has 10 nitrogen and oxygen atoms in total. The molecule has 10 heteroatoms.